The molecule has 4 nitrogen and oxygen atoms in total. The molecule has 1 aliphatic carbocycles. The summed E-state index contributed by atoms with van der Waals surface area (Å²) in [4.78, 5) is 11.1. The van der Waals surface area contributed by atoms with Gasteiger partial charge in [-0.1, -0.05) is 0 Å². The Morgan fingerprint density at radius 1 is 1.38 bits per heavy atom. The molecule has 2 aliphatic rings. The van der Waals surface area contributed by atoms with Crippen molar-refractivity contribution >= 4 is 6.03 Å². The topological polar surface area (TPSA) is 50.4 Å². The molecule has 4 heteroatoms. The van der Waals surface area contributed by atoms with Crippen LogP contribution in [0.15, 0.2) is 0 Å². The molecular weight excluding hydrogens is 168 g/mol. The number of hydrogen-bond donors (Lipinski definition) is 2. The average Bonchev–Trinajstić information content (AvgIpc) is 2.88. The smallest absolute Gasteiger partial charge is 0.314 e. The van der Waals surface area contributed by atoms with Crippen LogP contribution in [0.25, 0.3) is 0 Å². The molecular formula is C9H16N2O2. The van der Waals surface area contributed by atoms with Crippen molar-refractivity contribution in [2.24, 2.45) is 5.92 Å². The van der Waals surface area contributed by atoms with Crippen LogP contribution < -0.4 is 10.6 Å². The molecule has 2 N–H and O–H groups in total. The average molecular weight is 184 g/mol. The molecule has 0 radical (unpaired) electrons. The first kappa shape index (κ1) is 8.81. The van der Waals surface area contributed by atoms with Gasteiger partial charge in [-0.3, -0.25) is 0 Å². The quantitative estimate of drug-likeness (QED) is 0.656. The van der Waals surface area contributed by atoms with Crippen LogP contribution in [-0.4, -0.2) is 31.8 Å². The summed E-state index contributed by atoms with van der Waals surface area (Å²) in [7, 11) is 1.64. The molecule has 0 aromatic carbocycles. The third-order valence-corrected chi connectivity index (χ3v) is 2.77. The molecule has 2 unspecified atom stereocenters. The van der Waals surface area contributed by atoms with Gasteiger partial charge < -0.3 is 15.4 Å². The number of urea groups is 1. The van der Waals surface area contributed by atoms with Gasteiger partial charge in [0, 0.05) is 13.7 Å². The van der Waals surface area contributed by atoms with E-state index in [1.165, 1.54) is 12.8 Å². The van der Waals surface area contributed by atoms with Crippen molar-refractivity contribution in [2.45, 2.75) is 31.4 Å². The van der Waals surface area contributed by atoms with E-state index in [0.717, 1.165) is 13.0 Å². The molecule has 2 atom stereocenters. The summed E-state index contributed by atoms with van der Waals surface area (Å²) in [5.41, 5.74) is 0. The van der Waals surface area contributed by atoms with Crippen molar-refractivity contribution in [3.8, 4) is 0 Å². The fourth-order valence-electron chi connectivity index (χ4n) is 1.90. The lowest BCUT2D eigenvalue weighted by Gasteiger charge is -2.18. The van der Waals surface area contributed by atoms with Crippen molar-refractivity contribution in [1.29, 1.82) is 0 Å². The summed E-state index contributed by atoms with van der Waals surface area (Å²) in [6, 6.07) is 0.133. The van der Waals surface area contributed by atoms with E-state index in [2.05, 4.69) is 10.6 Å². The second-order valence-electron chi connectivity index (χ2n) is 3.79. The molecule has 1 saturated heterocycles. The van der Waals surface area contributed by atoms with Crippen LogP contribution in [0.3, 0.4) is 0 Å². The molecule has 0 aromatic rings. The Bertz CT molecular complexity index is 204. The van der Waals surface area contributed by atoms with Crippen molar-refractivity contribution < 1.29 is 9.53 Å². The largest absolute Gasteiger partial charge is 0.376 e. The molecule has 2 fully saturated rings. The Balaban J connectivity index is 1.85. The minimum atomic E-state index is -0.0962. The van der Waals surface area contributed by atoms with Crippen LogP contribution in [0.1, 0.15) is 19.3 Å². The maximum atomic E-state index is 11.1. The minimum Gasteiger partial charge on any atom is -0.376 e. The highest BCUT2D eigenvalue weighted by molar-refractivity contribution is 5.73. The van der Waals surface area contributed by atoms with Crippen LogP contribution in [-0.2, 0) is 4.74 Å². The maximum Gasteiger partial charge on any atom is 0.314 e. The molecule has 13 heavy (non-hydrogen) atoms. The second kappa shape index (κ2) is 3.54. The van der Waals surface area contributed by atoms with Crippen LogP contribution in [0, 0.1) is 5.92 Å². The normalized spacial score (nSPS) is 33.0. The van der Waals surface area contributed by atoms with Crippen LogP contribution in [0.2, 0.25) is 0 Å². The van der Waals surface area contributed by atoms with Crippen molar-refractivity contribution in [2.75, 3.05) is 13.7 Å². The summed E-state index contributed by atoms with van der Waals surface area (Å²) in [5, 5.41) is 5.49. The van der Waals surface area contributed by atoms with Crippen molar-refractivity contribution in [1.82, 2.24) is 10.6 Å². The third-order valence-electron chi connectivity index (χ3n) is 2.77. The standard InChI is InChI=1S/C9H16N2O2/c1-10-9(12)11-7-4-5-13-8(7)6-2-3-6/h6-8H,2-5H2,1H3,(H2,10,11,12). The molecule has 2 rings (SSSR count). The van der Waals surface area contributed by atoms with Crippen molar-refractivity contribution in [3.63, 3.8) is 0 Å². The predicted molar refractivity (Wildman–Crippen MR) is 48.5 cm³/mol. The summed E-state index contributed by atoms with van der Waals surface area (Å²) < 4.78 is 5.59. The number of hydrogen-bond acceptors (Lipinski definition) is 2. The van der Waals surface area contributed by atoms with Crippen LogP contribution in [0.4, 0.5) is 4.79 Å². The Morgan fingerprint density at radius 3 is 2.77 bits per heavy atom. The Hall–Kier alpha value is -0.770. The zero-order valence-corrected chi connectivity index (χ0v) is 7.88. The zero-order chi connectivity index (χ0) is 9.26. The van der Waals surface area contributed by atoms with E-state index >= 15 is 0 Å². The van der Waals surface area contributed by atoms with Gasteiger partial charge in [-0.25, -0.2) is 4.79 Å². The first-order valence-corrected chi connectivity index (χ1v) is 4.91. The van der Waals surface area contributed by atoms with E-state index in [0.29, 0.717) is 5.92 Å². The van der Waals surface area contributed by atoms with E-state index in [1.807, 2.05) is 0 Å². The van der Waals surface area contributed by atoms with E-state index in [1.54, 1.807) is 7.05 Å². The van der Waals surface area contributed by atoms with Crippen molar-refractivity contribution in [3.05, 3.63) is 0 Å². The Labute approximate surface area is 78.0 Å². The van der Waals surface area contributed by atoms with Crippen LogP contribution in [0.5, 0.6) is 0 Å². The van der Waals surface area contributed by atoms with Gasteiger partial charge in [0.25, 0.3) is 0 Å². The highest BCUT2D eigenvalue weighted by atomic mass is 16.5. The number of amides is 2. The second-order valence-corrected chi connectivity index (χ2v) is 3.79. The van der Waals surface area contributed by atoms with Gasteiger partial charge in [0.2, 0.25) is 0 Å². The van der Waals surface area contributed by atoms with Gasteiger partial charge in [-0.2, -0.15) is 0 Å². The van der Waals surface area contributed by atoms with Gasteiger partial charge in [0.15, 0.2) is 0 Å². The van der Waals surface area contributed by atoms with Gasteiger partial charge >= 0.3 is 6.03 Å². The molecule has 1 heterocycles. The Kier molecular flexibility index (Phi) is 2.40. The highest BCUT2D eigenvalue weighted by Crippen LogP contribution is 2.38. The monoisotopic (exact) mass is 184 g/mol. The number of carbonyl (C=O) groups is 1. The highest BCUT2D eigenvalue weighted by Gasteiger charge is 2.41. The molecule has 74 valence electrons. The predicted octanol–water partition coefficient (Wildman–Crippen LogP) is 0.483. The van der Waals surface area contributed by atoms with E-state index in [9.17, 15) is 4.79 Å². The number of ether oxygens (including phenoxy) is 1. The SMILES string of the molecule is CNC(=O)NC1CCOC1C1CC1. The maximum absolute atomic E-state index is 11.1. The zero-order valence-electron chi connectivity index (χ0n) is 7.88. The number of carbonyl (C=O) groups excluding carboxylic acids is 1. The molecule has 1 saturated carbocycles. The molecule has 0 spiro atoms. The van der Waals surface area contributed by atoms with Gasteiger partial charge in [0.05, 0.1) is 12.1 Å². The Morgan fingerprint density at radius 2 is 2.15 bits per heavy atom. The van der Waals surface area contributed by atoms with E-state index in [-0.39, 0.29) is 18.2 Å². The summed E-state index contributed by atoms with van der Waals surface area (Å²) >= 11 is 0. The van der Waals surface area contributed by atoms with E-state index < -0.39 is 0 Å². The molecule has 0 bridgehead atoms. The fourth-order valence-corrected chi connectivity index (χ4v) is 1.90. The molecule has 2 amide bonds. The first-order valence-electron chi connectivity index (χ1n) is 4.91. The number of nitrogens with one attached hydrogen (secondary N) is 2. The lowest BCUT2D eigenvalue weighted by atomic mass is 10.1. The number of rotatable bonds is 2. The summed E-state index contributed by atoms with van der Waals surface area (Å²) in [6.07, 6.45) is 3.75. The summed E-state index contributed by atoms with van der Waals surface area (Å²) in [5.74, 6) is 0.699. The minimum absolute atomic E-state index is 0.0962. The lowest BCUT2D eigenvalue weighted by Crippen LogP contribution is -2.45. The van der Waals surface area contributed by atoms with Gasteiger partial charge in [0.1, 0.15) is 0 Å². The van der Waals surface area contributed by atoms with Crippen LogP contribution >= 0.6 is 0 Å². The van der Waals surface area contributed by atoms with Gasteiger partial charge in [-0.05, 0) is 25.2 Å². The lowest BCUT2D eigenvalue weighted by molar-refractivity contribution is 0.0825. The fraction of sp³-hybridized carbons (Fsp3) is 0.889. The third kappa shape index (κ3) is 1.94. The van der Waals surface area contributed by atoms with Gasteiger partial charge in [-0.15, -0.1) is 0 Å². The molecule has 1 aliphatic heterocycles. The molecule has 0 aromatic heterocycles. The first-order chi connectivity index (χ1) is 6.31. The van der Waals surface area contributed by atoms with E-state index in [4.69, 9.17) is 4.74 Å². The summed E-state index contributed by atoms with van der Waals surface area (Å²) in [6.45, 7) is 0.788.